The fraction of sp³-hybridized carbons (Fsp3) is 0.975. The van der Waals surface area contributed by atoms with Crippen LogP contribution in [0.15, 0.2) is 12.7 Å². The zero-order valence-corrected chi connectivity index (χ0v) is 56.7. The second kappa shape index (κ2) is 78.7. The largest absolute Gasteiger partial charge is 0.103 e. The van der Waals surface area contributed by atoms with Gasteiger partial charge < -0.3 is 0 Å². The molecule has 0 amide bonds. The maximum Gasteiger partial charge on any atom is -0.0353 e. The Labute approximate surface area is 511 Å². The summed E-state index contributed by atoms with van der Waals surface area (Å²) in [7, 11) is 0. The first-order valence-electron chi connectivity index (χ1n) is 39.5. The summed E-state index contributed by atoms with van der Waals surface area (Å²) in [6, 6.07) is 0. The molecule has 0 spiro atoms. The van der Waals surface area contributed by atoms with Crippen LogP contribution in [-0.4, -0.2) is 0 Å². The van der Waals surface area contributed by atoms with E-state index < -0.39 is 0 Å². The molecule has 480 valence electrons. The molecule has 0 saturated heterocycles. The van der Waals surface area contributed by atoms with E-state index in [1.165, 1.54) is 494 Å². The molecule has 0 aromatic rings. The standard InChI is InChI=1S/C80H160/c1-3-5-7-9-11-13-15-17-19-21-23-25-27-29-31-33-35-37-39-41-43-45-47-49-51-53-55-57-59-61-63-65-67-69-71-73-75-77-79-80-78-76-74-72-70-68-66-64-62-60-58-56-54-52-50-48-46-44-42-40-38-36-34-32-30-28-26-24-22-20-18-16-14-12-10-8-6-4-2/h3H,1,4-80H2,2H3. The Bertz CT molecular complexity index is 1010. The topological polar surface area (TPSA) is 0 Å². The molecule has 0 aliphatic heterocycles. The van der Waals surface area contributed by atoms with Crippen LogP contribution >= 0.6 is 0 Å². The minimum atomic E-state index is 1.21. The van der Waals surface area contributed by atoms with Crippen molar-refractivity contribution in [1.29, 1.82) is 0 Å². The smallest absolute Gasteiger partial charge is 0.0353 e. The van der Waals surface area contributed by atoms with Gasteiger partial charge in [0.2, 0.25) is 0 Å². The second-order valence-corrected chi connectivity index (χ2v) is 27.6. The van der Waals surface area contributed by atoms with Crippen molar-refractivity contribution >= 4 is 0 Å². The van der Waals surface area contributed by atoms with Crippen LogP contribution in [0.4, 0.5) is 0 Å². The summed E-state index contributed by atoms with van der Waals surface area (Å²) in [4.78, 5) is 0. The highest BCUT2D eigenvalue weighted by atomic mass is 14.1. The third kappa shape index (κ3) is 77.7. The molecule has 0 fully saturated rings. The summed E-state index contributed by atoms with van der Waals surface area (Å²) in [5.41, 5.74) is 0. The number of hydrogen-bond acceptors (Lipinski definition) is 0. The minimum Gasteiger partial charge on any atom is -0.103 e. The van der Waals surface area contributed by atoms with Crippen LogP contribution in [0.2, 0.25) is 0 Å². The molecule has 0 saturated carbocycles. The van der Waals surface area contributed by atoms with E-state index in [-0.39, 0.29) is 0 Å². The lowest BCUT2D eigenvalue weighted by Crippen LogP contribution is -1.85. The van der Waals surface area contributed by atoms with E-state index in [0.717, 1.165) is 0 Å². The molecule has 0 N–H and O–H groups in total. The predicted molar refractivity (Wildman–Crippen MR) is 371 cm³/mol. The van der Waals surface area contributed by atoms with E-state index in [1.807, 2.05) is 0 Å². The van der Waals surface area contributed by atoms with Gasteiger partial charge in [-0.25, -0.2) is 0 Å². The van der Waals surface area contributed by atoms with Gasteiger partial charge in [0.1, 0.15) is 0 Å². The fourth-order valence-electron chi connectivity index (χ4n) is 13.4. The van der Waals surface area contributed by atoms with Gasteiger partial charge in [-0.05, 0) is 12.8 Å². The Morgan fingerprint density at radius 1 is 0.125 bits per heavy atom. The average molecular weight is 1120 g/mol. The Morgan fingerprint density at radius 2 is 0.200 bits per heavy atom. The van der Waals surface area contributed by atoms with Crippen LogP contribution < -0.4 is 0 Å². The van der Waals surface area contributed by atoms with Gasteiger partial charge >= 0.3 is 0 Å². The first-order valence-corrected chi connectivity index (χ1v) is 39.5. The first kappa shape index (κ1) is 79.7. The van der Waals surface area contributed by atoms with E-state index in [0.29, 0.717) is 0 Å². The molecule has 0 aromatic carbocycles. The van der Waals surface area contributed by atoms with Crippen LogP contribution in [0.25, 0.3) is 0 Å². The Hall–Kier alpha value is -0.260. The highest BCUT2D eigenvalue weighted by Crippen LogP contribution is 2.21. The van der Waals surface area contributed by atoms with Gasteiger partial charge in [0.15, 0.2) is 0 Å². The third-order valence-electron chi connectivity index (χ3n) is 19.3. The van der Waals surface area contributed by atoms with Crippen LogP contribution in [0.3, 0.4) is 0 Å². The number of hydrogen-bond donors (Lipinski definition) is 0. The van der Waals surface area contributed by atoms with Crippen molar-refractivity contribution < 1.29 is 0 Å². The van der Waals surface area contributed by atoms with Gasteiger partial charge in [-0.15, -0.1) is 6.58 Å². The SMILES string of the molecule is C=CCCCCCCCCCCCCCCCCCCCCCCCCCCCCCCCCCCCCCCCCCCCCCCCCCCCCCCCCCCCCCCCCCCCCCCCCCCCCCC. The summed E-state index contributed by atoms with van der Waals surface area (Å²) in [6.07, 6.45) is 116. The lowest BCUT2D eigenvalue weighted by molar-refractivity contribution is 0.506. The molecular formula is C80H160. The number of unbranched alkanes of at least 4 members (excludes halogenated alkanes) is 76. The van der Waals surface area contributed by atoms with E-state index in [1.54, 1.807) is 0 Å². The first-order chi connectivity index (χ1) is 39.9. The molecular weight excluding hydrogens is 961 g/mol. The quantitative estimate of drug-likeness (QED) is 0.0421. The summed E-state index contributed by atoms with van der Waals surface area (Å²) in [6.45, 7) is 6.14. The zero-order chi connectivity index (χ0) is 57.2. The van der Waals surface area contributed by atoms with Gasteiger partial charge in [0, 0.05) is 0 Å². The van der Waals surface area contributed by atoms with Gasteiger partial charge in [0.05, 0.1) is 0 Å². The van der Waals surface area contributed by atoms with Crippen molar-refractivity contribution in [2.45, 2.75) is 501 Å². The molecule has 0 nitrogen and oxygen atoms in total. The average Bonchev–Trinajstić information content (AvgIpc) is 3.47. The van der Waals surface area contributed by atoms with Gasteiger partial charge in [-0.2, -0.15) is 0 Å². The lowest BCUT2D eigenvalue weighted by Gasteiger charge is -2.05. The fourth-order valence-corrected chi connectivity index (χ4v) is 13.4. The van der Waals surface area contributed by atoms with Crippen LogP contribution in [0, 0.1) is 0 Å². The molecule has 0 unspecified atom stereocenters. The Balaban J connectivity index is 3.08. The molecule has 0 bridgehead atoms. The van der Waals surface area contributed by atoms with Crippen molar-refractivity contribution in [3.05, 3.63) is 12.7 Å². The van der Waals surface area contributed by atoms with Crippen molar-refractivity contribution in [2.75, 3.05) is 0 Å². The summed E-state index contributed by atoms with van der Waals surface area (Å²) in [5, 5.41) is 0. The second-order valence-electron chi connectivity index (χ2n) is 27.6. The van der Waals surface area contributed by atoms with Crippen molar-refractivity contribution in [3.8, 4) is 0 Å². The molecule has 0 aliphatic carbocycles. The zero-order valence-electron chi connectivity index (χ0n) is 56.7. The van der Waals surface area contributed by atoms with Crippen molar-refractivity contribution in [1.82, 2.24) is 0 Å². The van der Waals surface area contributed by atoms with E-state index in [4.69, 9.17) is 0 Å². The molecule has 0 aliphatic rings. The Morgan fingerprint density at radius 3 is 0.275 bits per heavy atom. The van der Waals surface area contributed by atoms with Crippen LogP contribution in [-0.2, 0) is 0 Å². The molecule has 0 rings (SSSR count). The van der Waals surface area contributed by atoms with Crippen LogP contribution in [0.5, 0.6) is 0 Å². The van der Waals surface area contributed by atoms with Crippen molar-refractivity contribution in [3.63, 3.8) is 0 Å². The van der Waals surface area contributed by atoms with Gasteiger partial charge in [-0.1, -0.05) is 495 Å². The molecule has 0 aromatic heterocycles. The van der Waals surface area contributed by atoms with E-state index >= 15 is 0 Å². The molecule has 0 heteroatoms. The molecule has 0 heterocycles. The summed E-state index contributed by atoms with van der Waals surface area (Å²) < 4.78 is 0. The van der Waals surface area contributed by atoms with Crippen LogP contribution in [0.1, 0.15) is 501 Å². The summed E-state index contributed by atoms with van der Waals surface area (Å²) in [5.74, 6) is 0. The predicted octanol–water partition coefficient (Wildman–Crippen LogP) is 31.2. The highest BCUT2D eigenvalue weighted by Gasteiger charge is 2.02. The van der Waals surface area contributed by atoms with Gasteiger partial charge in [-0.3, -0.25) is 0 Å². The monoisotopic (exact) mass is 1120 g/mol. The lowest BCUT2D eigenvalue weighted by atomic mass is 10.0. The molecule has 80 heavy (non-hydrogen) atoms. The molecule has 0 radical (unpaired) electrons. The maximum absolute atomic E-state index is 3.82. The van der Waals surface area contributed by atoms with Gasteiger partial charge in [0.25, 0.3) is 0 Å². The minimum absolute atomic E-state index is 1.21. The van der Waals surface area contributed by atoms with Crippen molar-refractivity contribution in [2.24, 2.45) is 0 Å². The third-order valence-corrected chi connectivity index (χ3v) is 19.3. The summed E-state index contributed by atoms with van der Waals surface area (Å²) >= 11 is 0. The Kier molecular flexibility index (Phi) is 78.5. The molecule has 0 atom stereocenters. The highest BCUT2D eigenvalue weighted by molar-refractivity contribution is 4.65. The maximum atomic E-state index is 3.82. The number of rotatable bonds is 77. The van der Waals surface area contributed by atoms with E-state index in [2.05, 4.69) is 19.6 Å². The van der Waals surface area contributed by atoms with E-state index in [9.17, 15) is 0 Å². The number of allylic oxidation sites excluding steroid dienone is 1. The normalized spacial score (nSPS) is 11.7.